The molecule has 1 aromatic carbocycles. The molecule has 1 heterocycles. The van der Waals surface area contributed by atoms with Crippen molar-refractivity contribution in [3.8, 4) is 11.5 Å². The summed E-state index contributed by atoms with van der Waals surface area (Å²) in [6.45, 7) is -0.136. The molecule has 7 nitrogen and oxygen atoms in total. The summed E-state index contributed by atoms with van der Waals surface area (Å²) in [6, 6.07) is 5.11. The van der Waals surface area contributed by atoms with Crippen LogP contribution in [0.15, 0.2) is 23.1 Å². The summed E-state index contributed by atoms with van der Waals surface area (Å²) in [4.78, 5) is 35.7. The van der Waals surface area contributed by atoms with Gasteiger partial charge in [-0.2, -0.15) is 0 Å². The molecule has 1 N–H and O–H groups in total. The molecular weight excluding hydrogens is 322 g/mol. The molecule has 0 spiro atoms. The van der Waals surface area contributed by atoms with Crippen LogP contribution >= 0.6 is 11.8 Å². The van der Waals surface area contributed by atoms with E-state index in [4.69, 9.17) is 14.6 Å². The van der Waals surface area contributed by atoms with Crippen LogP contribution in [0.2, 0.25) is 0 Å². The SMILES string of the molecule is COc1ccc(/C=C2/SC(=O)N(CCC(=O)O)C2=O)cc1OC. The van der Waals surface area contributed by atoms with Gasteiger partial charge in [0.25, 0.3) is 11.1 Å². The first-order chi connectivity index (χ1) is 11.0. The number of carboxylic acid groups (broad SMARTS) is 1. The van der Waals surface area contributed by atoms with Crippen LogP contribution in [-0.4, -0.2) is 47.9 Å². The van der Waals surface area contributed by atoms with E-state index < -0.39 is 17.1 Å². The maximum absolute atomic E-state index is 12.2. The number of amides is 2. The number of hydrogen-bond acceptors (Lipinski definition) is 6. The standard InChI is InChI=1S/C15H15NO6S/c1-21-10-4-3-9(7-11(10)22-2)8-12-14(19)16(15(20)23-12)6-5-13(17)18/h3-4,7-8H,5-6H2,1-2H3,(H,17,18)/b12-8+. The summed E-state index contributed by atoms with van der Waals surface area (Å²) in [5.74, 6) is -0.491. The molecule has 1 aliphatic rings. The lowest BCUT2D eigenvalue weighted by atomic mass is 10.2. The summed E-state index contributed by atoms with van der Waals surface area (Å²) < 4.78 is 10.3. The number of carbonyl (C=O) groups excluding carboxylic acids is 2. The van der Waals surface area contributed by atoms with Gasteiger partial charge in [0.15, 0.2) is 11.5 Å². The molecule has 0 saturated carbocycles. The molecule has 8 heteroatoms. The summed E-state index contributed by atoms with van der Waals surface area (Å²) in [6.07, 6.45) is 1.29. The second-order valence-corrected chi connectivity index (χ2v) is 5.58. The average molecular weight is 337 g/mol. The van der Waals surface area contributed by atoms with E-state index in [-0.39, 0.29) is 17.9 Å². The van der Waals surface area contributed by atoms with Crippen molar-refractivity contribution in [2.45, 2.75) is 6.42 Å². The van der Waals surface area contributed by atoms with E-state index in [0.29, 0.717) is 17.1 Å². The van der Waals surface area contributed by atoms with Crippen LogP contribution in [0.1, 0.15) is 12.0 Å². The Kier molecular flexibility index (Phi) is 5.28. The Morgan fingerprint density at radius 1 is 1.26 bits per heavy atom. The van der Waals surface area contributed by atoms with Crippen LogP contribution in [0.3, 0.4) is 0 Å². The van der Waals surface area contributed by atoms with Gasteiger partial charge in [-0.3, -0.25) is 19.3 Å². The van der Waals surface area contributed by atoms with Crippen LogP contribution in [0.5, 0.6) is 11.5 Å². The predicted molar refractivity (Wildman–Crippen MR) is 84.5 cm³/mol. The fourth-order valence-electron chi connectivity index (χ4n) is 1.99. The van der Waals surface area contributed by atoms with E-state index >= 15 is 0 Å². The van der Waals surface area contributed by atoms with Gasteiger partial charge >= 0.3 is 5.97 Å². The number of imide groups is 1. The van der Waals surface area contributed by atoms with Crippen LogP contribution in [0.25, 0.3) is 6.08 Å². The maximum atomic E-state index is 12.2. The highest BCUT2D eigenvalue weighted by atomic mass is 32.2. The molecular formula is C15H15NO6S. The lowest BCUT2D eigenvalue weighted by molar-refractivity contribution is -0.137. The van der Waals surface area contributed by atoms with Crippen molar-refractivity contribution in [3.05, 3.63) is 28.7 Å². The summed E-state index contributed by atoms with van der Waals surface area (Å²) >= 11 is 0.785. The van der Waals surface area contributed by atoms with Gasteiger partial charge in [0.05, 0.1) is 25.5 Å². The van der Waals surface area contributed by atoms with Crippen molar-refractivity contribution >= 4 is 35.0 Å². The first-order valence-electron chi connectivity index (χ1n) is 6.65. The van der Waals surface area contributed by atoms with Gasteiger partial charge in [-0.15, -0.1) is 0 Å². The van der Waals surface area contributed by atoms with Gasteiger partial charge in [0.2, 0.25) is 0 Å². The van der Waals surface area contributed by atoms with Crippen LogP contribution in [0.4, 0.5) is 4.79 Å². The zero-order chi connectivity index (χ0) is 17.0. The van der Waals surface area contributed by atoms with Crippen LogP contribution in [0, 0.1) is 0 Å². The minimum atomic E-state index is -1.06. The Morgan fingerprint density at radius 3 is 2.57 bits per heavy atom. The number of ether oxygens (including phenoxy) is 2. The van der Waals surface area contributed by atoms with E-state index in [9.17, 15) is 14.4 Å². The lowest BCUT2D eigenvalue weighted by Gasteiger charge is -2.10. The molecule has 2 rings (SSSR count). The molecule has 0 aromatic heterocycles. The number of carboxylic acids is 1. The number of aliphatic carboxylic acids is 1. The van der Waals surface area contributed by atoms with Crippen molar-refractivity contribution in [2.24, 2.45) is 0 Å². The summed E-state index contributed by atoms with van der Waals surface area (Å²) in [7, 11) is 3.02. The van der Waals surface area contributed by atoms with Crippen molar-refractivity contribution in [2.75, 3.05) is 20.8 Å². The smallest absolute Gasteiger partial charge is 0.305 e. The van der Waals surface area contributed by atoms with E-state index in [0.717, 1.165) is 16.7 Å². The molecule has 23 heavy (non-hydrogen) atoms. The molecule has 0 unspecified atom stereocenters. The van der Waals surface area contributed by atoms with Crippen LogP contribution < -0.4 is 9.47 Å². The number of methoxy groups -OCH3 is 2. The molecule has 122 valence electrons. The number of hydrogen-bond donors (Lipinski definition) is 1. The fourth-order valence-corrected chi connectivity index (χ4v) is 2.86. The summed E-state index contributed by atoms with van der Waals surface area (Å²) in [5.41, 5.74) is 0.673. The van der Waals surface area contributed by atoms with Gasteiger partial charge in [0.1, 0.15) is 0 Å². The second-order valence-electron chi connectivity index (χ2n) is 4.59. The van der Waals surface area contributed by atoms with E-state index in [1.807, 2.05) is 0 Å². The van der Waals surface area contributed by atoms with Crippen molar-refractivity contribution in [1.29, 1.82) is 0 Å². The number of benzene rings is 1. The van der Waals surface area contributed by atoms with E-state index in [2.05, 4.69) is 0 Å². The average Bonchev–Trinajstić information content (AvgIpc) is 2.79. The first-order valence-corrected chi connectivity index (χ1v) is 7.47. The molecule has 0 atom stereocenters. The second kappa shape index (κ2) is 7.19. The normalized spacial score (nSPS) is 16.1. The molecule has 1 saturated heterocycles. The van der Waals surface area contributed by atoms with Gasteiger partial charge in [0, 0.05) is 6.54 Å². The zero-order valence-electron chi connectivity index (χ0n) is 12.6. The molecule has 1 fully saturated rings. The zero-order valence-corrected chi connectivity index (χ0v) is 13.4. The van der Waals surface area contributed by atoms with Gasteiger partial charge < -0.3 is 14.6 Å². The van der Waals surface area contributed by atoms with E-state index in [1.54, 1.807) is 24.3 Å². The Morgan fingerprint density at radius 2 is 1.96 bits per heavy atom. The Hall–Kier alpha value is -2.48. The van der Waals surface area contributed by atoms with Crippen molar-refractivity contribution in [1.82, 2.24) is 4.90 Å². The number of nitrogens with zero attached hydrogens (tertiary/aromatic N) is 1. The third-order valence-corrected chi connectivity index (χ3v) is 4.04. The minimum absolute atomic E-state index is 0.136. The Balaban J connectivity index is 2.21. The topological polar surface area (TPSA) is 93.1 Å². The first kappa shape index (κ1) is 16.9. The molecule has 2 amide bonds. The van der Waals surface area contributed by atoms with Crippen molar-refractivity contribution in [3.63, 3.8) is 0 Å². The molecule has 0 radical (unpaired) electrons. The molecule has 0 aliphatic carbocycles. The molecule has 1 aliphatic heterocycles. The Labute approximate surface area is 136 Å². The largest absolute Gasteiger partial charge is 0.493 e. The van der Waals surface area contributed by atoms with Crippen LogP contribution in [-0.2, 0) is 9.59 Å². The van der Waals surface area contributed by atoms with Gasteiger partial charge in [-0.05, 0) is 35.5 Å². The Bertz CT molecular complexity index is 685. The quantitative estimate of drug-likeness (QED) is 0.795. The lowest BCUT2D eigenvalue weighted by Crippen LogP contribution is -2.30. The number of carbonyl (C=O) groups is 3. The van der Waals surface area contributed by atoms with E-state index in [1.165, 1.54) is 14.2 Å². The predicted octanol–water partition coefficient (Wildman–Crippen LogP) is 2.21. The highest BCUT2D eigenvalue weighted by Gasteiger charge is 2.35. The molecule has 0 bridgehead atoms. The van der Waals surface area contributed by atoms with Crippen molar-refractivity contribution < 1.29 is 29.0 Å². The van der Waals surface area contributed by atoms with Gasteiger partial charge in [-0.25, -0.2) is 0 Å². The molecule has 1 aromatic rings. The third-order valence-electron chi connectivity index (χ3n) is 3.13. The monoisotopic (exact) mass is 337 g/mol. The third kappa shape index (κ3) is 3.84. The fraction of sp³-hybridized carbons (Fsp3) is 0.267. The minimum Gasteiger partial charge on any atom is -0.493 e. The number of rotatable bonds is 6. The van der Waals surface area contributed by atoms with Gasteiger partial charge in [-0.1, -0.05) is 6.07 Å². The highest BCUT2D eigenvalue weighted by Crippen LogP contribution is 2.34. The summed E-state index contributed by atoms with van der Waals surface area (Å²) in [5, 5.41) is 8.19. The highest BCUT2D eigenvalue weighted by molar-refractivity contribution is 8.18. The number of thioether (sulfide) groups is 1. The maximum Gasteiger partial charge on any atom is 0.305 e.